The first kappa shape index (κ1) is 14.6. The van der Waals surface area contributed by atoms with Crippen molar-refractivity contribution in [2.75, 3.05) is 6.54 Å². The highest BCUT2D eigenvalue weighted by atomic mass is 16.2. The molecule has 1 aliphatic heterocycles. The number of rotatable bonds is 5. The smallest absolute Gasteiger partial charge is 0.270 e. The van der Waals surface area contributed by atoms with Gasteiger partial charge in [-0.2, -0.15) is 0 Å². The third-order valence-electron chi connectivity index (χ3n) is 3.18. The van der Waals surface area contributed by atoms with Gasteiger partial charge in [0.1, 0.15) is 23.8 Å². The Morgan fingerprint density at radius 3 is 2.71 bits per heavy atom. The normalized spacial score (nSPS) is 20.9. The highest BCUT2D eigenvalue weighted by molar-refractivity contribution is 5.93. The lowest BCUT2D eigenvalue weighted by molar-refractivity contribution is -0.128. The van der Waals surface area contributed by atoms with Gasteiger partial charge in [-0.3, -0.25) is 19.2 Å². The van der Waals surface area contributed by atoms with Crippen molar-refractivity contribution in [1.82, 2.24) is 20.2 Å². The van der Waals surface area contributed by atoms with Gasteiger partial charge >= 0.3 is 0 Å². The first-order valence-corrected chi connectivity index (χ1v) is 6.13. The van der Waals surface area contributed by atoms with E-state index in [1.54, 1.807) is 0 Å². The number of nitrogens with two attached hydrogens (primary N) is 1. The highest BCUT2D eigenvalue weighted by Crippen LogP contribution is 2.16. The molecule has 0 spiro atoms. The molecule has 1 fully saturated rings. The van der Waals surface area contributed by atoms with Gasteiger partial charge in [0.2, 0.25) is 12.3 Å². The summed E-state index contributed by atoms with van der Waals surface area (Å²) in [6.07, 6.45) is 2.38. The predicted octanol–water partition coefficient (Wildman–Crippen LogP) is -1.90. The van der Waals surface area contributed by atoms with Crippen LogP contribution in [0.4, 0.5) is 0 Å². The molecule has 2 rings (SSSR count). The first-order valence-electron chi connectivity index (χ1n) is 6.13. The van der Waals surface area contributed by atoms with Gasteiger partial charge in [0.15, 0.2) is 6.29 Å². The molecule has 0 aromatic carbocycles. The van der Waals surface area contributed by atoms with E-state index in [4.69, 9.17) is 5.73 Å². The fourth-order valence-corrected chi connectivity index (χ4v) is 2.18. The van der Waals surface area contributed by atoms with Crippen molar-refractivity contribution in [3.05, 3.63) is 23.8 Å². The monoisotopic (exact) mass is 291 g/mol. The van der Waals surface area contributed by atoms with E-state index < -0.39 is 23.9 Å². The van der Waals surface area contributed by atoms with E-state index in [9.17, 15) is 19.2 Å². The largest absolute Gasteiger partial charge is 0.368 e. The van der Waals surface area contributed by atoms with E-state index >= 15 is 0 Å². The van der Waals surface area contributed by atoms with E-state index in [2.05, 4.69) is 15.3 Å². The molecule has 3 amide bonds. The van der Waals surface area contributed by atoms with Gasteiger partial charge in [-0.05, 0) is 12.5 Å². The number of carbonyl (C=O) groups excluding carboxylic acids is 4. The molecule has 0 aliphatic carbocycles. The Labute approximate surface area is 119 Å². The predicted molar refractivity (Wildman–Crippen MR) is 69.0 cm³/mol. The zero-order valence-electron chi connectivity index (χ0n) is 10.9. The quantitative estimate of drug-likeness (QED) is 0.608. The molecule has 1 saturated heterocycles. The zero-order valence-corrected chi connectivity index (χ0v) is 10.9. The molecular formula is C12H13N5O4. The van der Waals surface area contributed by atoms with Gasteiger partial charge in [-0.25, -0.2) is 9.97 Å². The number of amides is 3. The van der Waals surface area contributed by atoms with Gasteiger partial charge in [-0.15, -0.1) is 0 Å². The molecule has 9 heteroatoms. The van der Waals surface area contributed by atoms with Gasteiger partial charge < -0.3 is 16.0 Å². The van der Waals surface area contributed by atoms with E-state index in [-0.39, 0.29) is 24.4 Å². The van der Waals surface area contributed by atoms with Gasteiger partial charge in [-0.1, -0.05) is 0 Å². The number of carbonyl (C=O) groups is 4. The lowest BCUT2D eigenvalue weighted by Crippen LogP contribution is -2.39. The van der Waals surface area contributed by atoms with Gasteiger partial charge in [0, 0.05) is 12.6 Å². The van der Waals surface area contributed by atoms with Crippen molar-refractivity contribution in [3.8, 4) is 0 Å². The second kappa shape index (κ2) is 6.07. The summed E-state index contributed by atoms with van der Waals surface area (Å²) in [4.78, 5) is 53.3. The maximum absolute atomic E-state index is 12.0. The van der Waals surface area contributed by atoms with E-state index in [1.165, 1.54) is 11.0 Å². The Bertz CT molecular complexity index is 591. The third-order valence-corrected chi connectivity index (χ3v) is 3.18. The maximum atomic E-state index is 12.0. The highest BCUT2D eigenvalue weighted by Gasteiger charge is 2.35. The molecular weight excluding hydrogens is 278 g/mol. The summed E-state index contributed by atoms with van der Waals surface area (Å²) in [7, 11) is 0. The van der Waals surface area contributed by atoms with Crippen LogP contribution >= 0.6 is 0 Å². The number of aromatic nitrogens is 2. The summed E-state index contributed by atoms with van der Waals surface area (Å²) in [6, 6.07) is 0.110. The molecule has 3 N–H and O–H groups in total. The standard InChI is InChI=1S/C12H13N5O4/c13-11(20)10-2-7(3-17(10)6-19)16-12(21)9-1-8(4-18)14-5-15-9/h1,4-7,10H,2-3H2,(H2,13,20)(H,16,21). The summed E-state index contributed by atoms with van der Waals surface area (Å²) in [5, 5.41) is 2.64. The number of hydrogen-bond donors (Lipinski definition) is 2. The molecule has 21 heavy (non-hydrogen) atoms. The molecule has 2 unspecified atom stereocenters. The van der Waals surface area contributed by atoms with Crippen LogP contribution in [0.5, 0.6) is 0 Å². The Morgan fingerprint density at radius 2 is 2.14 bits per heavy atom. The fourth-order valence-electron chi connectivity index (χ4n) is 2.18. The fraction of sp³-hybridized carbons (Fsp3) is 0.333. The molecule has 2 atom stereocenters. The van der Waals surface area contributed by atoms with E-state index in [1.807, 2.05) is 0 Å². The van der Waals surface area contributed by atoms with Crippen LogP contribution in [0.15, 0.2) is 12.4 Å². The van der Waals surface area contributed by atoms with Crippen LogP contribution in [0.25, 0.3) is 0 Å². The summed E-state index contributed by atoms with van der Waals surface area (Å²) < 4.78 is 0. The minimum absolute atomic E-state index is 0.0345. The number of likely N-dealkylation sites (tertiary alicyclic amines) is 1. The molecule has 0 radical (unpaired) electrons. The van der Waals surface area contributed by atoms with Crippen LogP contribution in [0.3, 0.4) is 0 Å². The Balaban J connectivity index is 2.05. The number of nitrogens with one attached hydrogen (secondary N) is 1. The molecule has 0 saturated carbocycles. The summed E-state index contributed by atoms with van der Waals surface area (Å²) in [5.74, 6) is -1.13. The van der Waals surface area contributed by atoms with Crippen LogP contribution in [-0.4, -0.2) is 58.0 Å². The number of aldehydes is 1. The molecule has 1 aromatic heterocycles. The van der Waals surface area contributed by atoms with Crippen LogP contribution in [0.2, 0.25) is 0 Å². The van der Waals surface area contributed by atoms with Crippen LogP contribution < -0.4 is 11.1 Å². The summed E-state index contributed by atoms with van der Waals surface area (Å²) in [5.41, 5.74) is 5.32. The summed E-state index contributed by atoms with van der Waals surface area (Å²) in [6.45, 7) is 0.189. The zero-order chi connectivity index (χ0) is 15.4. The van der Waals surface area contributed by atoms with Crippen molar-refractivity contribution < 1.29 is 19.2 Å². The lowest BCUT2D eigenvalue weighted by Gasteiger charge is -2.15. The molecule has 9 nitrogen and oxygen atoms in total. The van der Waals surface area contributed by atoms with Crippen LogP contribution in [0.1, 0.15) is 27.4 Å². The first-order chi connectivity index (χ1) is 10.0. The van der Waals surface area contributed by atoms with E-state index in [0.717, 1.165) is 6.33 Å². The number of primary amides is 1. The molecule has 1 aromatic rings. The molecule has 1 aliphatic rings. The van der Waals surface area contributed by atoms with Crippen molar-refractivity contribution in [2.24, 2.45) is 5.73 Å². The second-order valence-corrected chi connectivity index (χ2v) is 4.57. The summed E-state index contributed by atoms with van der Waals surface area (Å²) >= 11 is 0. The SMILES string of the molecule is NC(=O)C1CC(NC(=O)c2cc(C=O)ncn2)CN1C=O. The van der Waals surface area contributed by atoms with Crippen molar-refractivity contribution >= 4 is 24.5 Å². The van der Waals surface area contributed by atoms with Crippen molar-refractivity contribution in [1.29, 1.82) is 0 Å². The minimum atomic E-state index is -0.733. The topological polar surface area (TPSA) is 135 Å². The Kier molecular flexibility index (Phi) is 4.21. The van der Waals surface area contributed by atoms with Crippen LogP contribution in [-0.2, 0) is 9.59 Å². The number of nitrogens with zero attached hydrogens (tertiary/aromatic N) is 3. The molecule has 0 bridgehead atoms. The average Bonchev–Trinajstić information content (AvgIpc) is 2.90. The number of hydrogen-bond acceptors (Lipinski definition) is 6. The van der Waals surface area contributed by atoms with Crippen molar-refractivity contribution in [3.63, 3.8) is 0 Å². The van der Waals surface area contributed by atoms with Crippen LogP contribution in [0, 0.1) is 0 Å². The third kappa shape index (κ3) is 3.19. The molecule has 2 heterocycles. The lowest BCUT2D eigenvalue weighted by atomic mass is 10.1. The second-order valence-electron chi connectivity index (χ2n) is 4.57. The average molecular weight is 291 g/mol. The Morgan fingerprint density at radius 1 is 1.38 bits per heavy atom. The van der Waals surface area contributed by atoms with E-state index in [0.29, 0.717) is 12.7 Å². The maximum Gasteiger partial charge on any atom is 0.270 e. The minimum Gasteiger partial charge on any atom is -0.368 e. The van der Waals surface area contributed by atoms with Crippen molar-refractivity contribution in [2.45, 2.75) is 18.5 Å². The Hall–Kier alpha value is -2.84. The van der Waals surface area contributed by atoms with Gasteiger partial charge in [0.25, 0.3) is 5.91 Å². The molecule has 110 valence electrons. The van der Waals surface area contributed by atoms with Gasteiger partial charge in [0.05, 0.1) is 0 Å².